The highest BCUT2D eigenvalue weighted by Crippen LogP contribution is 2.18. The van der Waals surface area contributed by atoms with Crippen molar-refractivity contribution in [2.75, 3.05) is 17.3 Å². The molecule has 0 saturated carbocycles. The van der Waals surface area contributed by atoms with E-state index in [0.29, 0.717) is 11.5 Å². The molecule has 2 aromatic heterocycles. The molecule has 0 unspecified atom stereocenters. The van der Waals surface area contributed by atoms with Crippen LogP contribution in [0.5, 0.6) is 5.88 Å². The van der Waals surface area contributed by atoms with Crippen LogP contribution in [0.2, 0.25) is 0 Å². The van der Waals surface area contributed by atoms with Gasteiger partial charge in [0.2, 0.25) is 5.88 Å². The predicted octanol–water partition coefficient (Wildman–Crippen LogP) is 2.08. The first-order valence-electron chi connectivity index (χ1n) is 7.12. The zero-order chi connectivity index (χ0) is 19.3. The van der Waals surface area contributed by atoms with Crippen LogP contribution in [-0.2, 0) is 7.05 Å². The van der Waals surface area contributed by atoms with Crippen molar-refractivity contribution in [3.8, 4) is 11.9 Å². The quantitative estimate of drug-likeness (QED) is 0.695. The Labute approximate surface area is 145 Å². The van der Waals surface area contributed by atoms with E-state index in [-0.39, 0.29) is 17.1 Å². The summed E-state index contributed by atoms with van der Waals surface area (Å²) in [5, 5.41) is 15.5. The number of anilines is 2. The third kappa shape index (κ3) is 5.00. The Morgan fingerprint density at radius 2 is 2.15 bits per heavy atom. The lowest BCUT2D eigenvalue weighted by Gasteiger charge is -2.11. The predicted molar refractivity (Wildman–Crippen MR) is 84.2 cm³/mol. The van der Waals surface area contributed by atoms with Crippen molar-refractivity contribution in [1.29, 1.82) is 5.26 Å². The van der Waals surface area contributed by atoms with E-state index in [2.05, 4.69) is 31.0 Å². The number of hydrazine groups is 1. The normalized spacial score (nSPS) is 10.8. The molecule has 0 bridgehead atoms. The van der Waals surface area contributed by atoms with Crippen LogP contribution in [0.1, 0.15) is 11.3 Å². The van der Waals surface area contributed by atoms with Gasteiger partial charge in [-0.2, -0.15) is 23.5 Å². The van der Waals surface area contributed by atoms with E-state index in [1.165, 1.54) is 16.8 Å². The average molecular weight is 369 g/mol. The van der Waals surface area contributed by atoms with Gasteiger partial charge in [-0.3, -0.25) is 15.5 Å². The molecular weight excluding hydrogens is 355 g/mol. The maximum atomic E-state index is 12.0. The number of nitriles is 1. The van der Waals surface area contributed by atoms with E-state index >= 15 is 0 Å². The van der Waals surface area contributed by atoms with Gasteiger partial charge >= 0.3 is 12.2 Å². The zero-order valence-electron chi connectivity index (χ0n) is 13.7. The summed E-state index contributed by atoms with van der Waals surface area (Å²) in [6, 6.07) is 3.80. The van der Waals surface area contributed by atoms with Crippen molar-refractivity contribution in [3.05, 3.63) is 29.6 Å². The fourth-order valence-electron chi connectivity index (χ4n) is 1.91. The van der Waals surface area contributed by atoms with E-state index in [9.17, 15) is 18.0 Å². The molecule has 0 aliphatic rings. The van der Waals surface area contributed by atoms with E-state index < -0.39 is 18.8 Å². The van der Waals surface area contributed by atoms with E-state index in [1.807, 2.05) is 6.07 Å². The van der Waals surface area contributed by atoms with Crippen molar-refractivity contribution >= 4 is 17.5 Å². The number of carbonyl (C=O) groups excluding carboxylic acids is 1. The van der Waals surface area contributed by atoms with Crippen LogP contribution in [-0.4, -0.2) is 33.6 Å². The monoisotopic (exact) mass is 369 g/mol. The van der Waals surface area contributed by atoms with Crippen LogP contribution in [0.4, 0.5) is 29.5 Å². The van der Waals surface area contributed by atoms with Gasteiger partial charge in [0.05, 0.1) is 17.6 Å². The lowest BCUT2D eigenvalue weighted by atomic mass is 10.3. The molecule has 0 aromatic carbocycles. The lowest BCUT2D eigenvalue weighted by Crippen LogP contribution is -2.34. The number of rotatable bonds is 5. The summed E-state index contributed by atoms with van der Waals surface area (Å²) in [5.74, 6) is 0.0737. The van der Waals surface area contributed by atoms with E-state index in [1.54, 1.807) is 14.0 Å². The molecular formula is C14H14F3N7O2. The molecule has 138 valence electrons. The molecule has 0 aliphatic heterocycles. The number of nitrogens with zero attached hydrogens (tertiary/aromatic N) is 4. The van der Waals surface area contributed by atoms with Crippen molar-refractivity contribution < 1.29 is 22.7 Å². The number of aromatic nitrogens is 3. The Balaban J connectivity index is 1.89. The number of halogens is 3. The first-order chi connectivity index (χ1) is 12.2. The molecule has 0 aliphatic carbocycles. The highest BCUT2D eigenvalue weighted by Gasteiger charge is 2.28. The van der Waals surface area contributed by atoms with E-state index in [4.69, 9.17) is 5.26 Å². The summed E-state index contributed by atoms with van der Waals surface area (Å²) in [6.07, 6.45) is -3.32. The molecule has 26 heavy (non-hydrogen) atoms. The molecule has 2 amide bonds. The summed E-state index contributed by atoms with van der Waals surface area (Å²) in [4.78, 5) is 15.5. The standard InChI is InChI=1S/C14H14F3N7O2/c1-8-10(5-18)12(24(2)23-8)21-22-13(25)20-9-3-4-11(19-6-9)26-7-14(15,16)17/h3-4,6,21H,7H2,1-2H3,(H2,20,22,25). The molecule has 2 rings (SSSR count). The smallest absolute Gasteiger partial charge is 0.422 e. The van der Waals surface area contributed by atoms with Gasteiger partial charge in [-0.05, 0) is 13.0 Å². The first-order valence-corrected chi connectivity index (χ1v) is 7.12. The fraction of sp³-hybridized carbons (Fsp3) is 0.286. The first kappa shape index (κ1) is 18.8. The van der Waals surface area contributed by atoms with Crippen molar-refractivity contribution in [2.45, 2.75) is 13.1 Å². The molecule has 9 nitrogen and oxygen atoms in total. The van der Waals surface area contributed by atoms with Gasteiger partial charge in [-0.15, -0.1) is 0 Å². The SMILES string of the molecule is Cc1nn(C)c(NNC(=O)Nc2ccc(OCC(F)(F)F)nc2)c1C#N. The lowest BCUT2D eigenvalue weighted by molar-refractivity contribution is -0.154. The van der Waals surface area contributed by atoms with Gasteiger partial charge < -0.3 is 10.1 Å². The highest BCUT2D eigenvalue weighted by molar-refractivity contribution is 5.89. The number of hydrogen-bond donors (Lipinski definition) is 3. The average Bonchev–Trinajstić information content (AvgIpc) is 2.84. The van der Waals surface area contributed by atoms with Gasteiger partial charge in [0.15, 0.2) is 12.4 Å². The third-order valence-electron chi connectivity index (χ3n) is 3.01. The van der Waals surface area contributed by atoms with Gasteiger partial charge in [0.25, 0.3) is 0 Å². The fourth-order valence-corrected chi connectivity index (χ4v) is 1.91. The van der Waals surface area contributed by atoms with Gasteiger partial charge in [-0.25, -0.2) is 9.78 Å². The molecule has 3 N–H and O–H groups in total. The number of amides is 2. The summed E-state index contributed by atoms with van der Waals surface area (Å²) in [5.41, 5.74) is 5.89. The largest absolute Gasteiger partial charge is 0.468 e. The minimum atomic E-state index is -4.46. The number of ether oxygens (including phenoxy) is 1. The molecule has 0 radical (unpaired) electrons. The third-order valence-corrected chi connectivity index (χ3v) is 3.01. The number of nitrogens with one attached hydrogen (secondary N) is 3. The molecule has 0 saturated heterocycles. The molecule has 0 fully saturated rings. The van der Waals surface area contributed by atoms with Crippen LogP contribution in [0.3, 0.4) is 0 Å². The molecule has 0 spiro atoms. The Kier molecular flexibility index (Phi) is 5.51. The number of pyridine rings is 1. The van der Waals surface area contributed by atoms with Gasteiger partial charge in [0, 0.05) is 13.1 Å². The summed E-state index contributed by atoms with van der Waals surface area (Å²) in [6.45, 7) is 0.195. The van der Waals surface area contributed by atoms with Crippen LogP contribution in [0.15, 0.2) is 18.3 Å². The Hall–Kier alpha value is -3.49. The summed E-state index contributed by atoms with van der Waals surface area (Å²) >= 11 is 0. The molecule has 2 aromatic rings. The van der Waals surface area contributed by atoms with Gasteiger partial charge in [-0.1, -0.05) is 0 Å². The topological polar surface area (TPSA) is 117 Å². The van der Waals surface area contributed by atoms with Crippen molar-refractivity contribution in [2.24, 2.45) is 7.05 Å². The van der Waals surface area contributed by atoms with E-state index in [0.717, 1.165) is 6.20 Å². The van der Waals surface area contributed by atoms with Crippen LogP contribution in [0.25, 0.3) is 0 Å². The maximum absolute atomic E-state index is 12.0. The van der Waals surface area contributed by atoms with Crippen LogP contribution in [0, 0.1) is 18.3 Å². The Morgan fingerprint density at radius 3 is 2.73 bits per heavy atom. The number of aryl methyl sites for hydroxylation is 2. The second kappa shape index (κ2) is 7.60. The van der Waals surface area contributed by atoms with Crippen LogP contribution >= 0.6 is 0 Å². The van der Waals surface area contributed by atoms with Crippen molar-refractivity contribution in [1.82, 2.24) is 20.2 Å². The molecule has 0 atom stereocenters. The second-order valence-corrected chi connectivity index (χ2v) is 5.04. The Morgan fingerprint density at radius 1 is 1.42 bits per heavy atom. The van der Waals surface area contributed by atoms with Crippen molar-refractivity contribution in [3.63, 3.8) is 0 Å². The minimum absolute atomic E-state index is 0.226. The number of hydrogen-bond acceptors (Lipinski definition) is 6. The molecule has 2 heterocycles. The maximum Gasteiger partial charge on any atom is 0.422 e. The summed E-state index contributed by atoms with van der Waals surface area (Å²) in [7, 11) is 1.60. The zero-order valence-corrected chi connectivity index (χ0v) is 13.7. The number of urea groups is 1. The summed E-state index contributed by atoms with van der Waals surface area (Å²) < 4.78 is 42.0. The Bertz CT molecular complexity index is 825. The van der Waals surface area contributed by atoms with Crippen LogP contribution < -0.4 is 20.9 Å². The minimum Gasteiger partial charge on any atom is -0.468 e. The molecule has 12 heteroatoms. The number of alkyl halides is 3. The number of carbonyl (C=O) groups is 1. The second-order valence-electron chi connectivity index (χ2n) is 5.04. The highest BCUT2D eigenvalue weighted by atomic mass is 19.4. The van der Waals surface area contributed by atoms with Gasteiger partial charge in [0.1, 0.15) is 11.6 Å².